The van der Waals surface area contributed by atoms with Gasteiger partial charge in [0.15, 0.2) is 0 Å². The van der Waals surface area contributed by atoms with Crippen LogP contribution in [-0.4, -0.2) is 29.0 Å². The molecule has 1 aliphatic rings. The molecule has 0 aliphatic carbocycles. The summed E-state index contributed by atoms with van der Waals surface area (Å²) in [4.78, 5) is 0. The molecule has 0 aromatic carbocycles. The molecule has 0 amide bonds. The van der Waals surface area contributed by atoms with Crippen LogP contribution in [0.15, 0.2) is 12.1 Å². The van der Waals surface area contributed by atoms with Gasteiger partial charge in [-0.2, -0.15) is 5.10 Å². The Labute approximate surface area is 83.7 Å². The molecular formula is C10H15N3O. The zero-order valence-corrected chi connectivity index (χ0v) is 8.53. The third-order valence-corrected chi connectivity index (χ3v) is 2.51. The van der Waals surface area contributed by atoms with Gasteiger partial charge in [0, 0.05) is 6.61 Å². The fourth-order valence-corrected chi connectivity index (χ4v) is 1.59. The summed E-state index contributed by atoms with van der Waals surface area (Å²) in [5.41, 5.74) is 0.936. The van der Waals surface area contributed by atoms with Crippen molar-refractivity contribution in [3.8, 4) is 0 Å². The second kappa shape index (κ2) is 3.92. The monoisotopic (exact) mass is 193 g/mol. The first kappa shape index (κ1) is 9.40. The lowest BCUT2D eigenvalue weighted by atomic mass is 10.1. The number of nitrogens with one attached hydrogen (secondary N) is 1. The molecule has 0 saturated carbocycles. The molecule has 0 bridgehead atoms. The van der Waals surface area contributed by atoms with E-state index in [1.807, 2.05) is 19.1 Å². The fraction of sp³-hybridized carbons (Fsp3) is 0.600. The standard InChI is InChI=1S/C10H15N3O/c1-7-3-4-10(13-12-7)11-9-5-6-14-8(9)2/h3-4,8-9H,5-6H2,1-2H3,(H,11,13). The van der Waals surface area contributed by atoms with Crippen LogP contribution < -0.4 is 5.32 Å². The van der Waals surface area contributed by atoms with Gasteiger partial charge < -0.3 is 10.1 Å². The number of ether oxygens (including phenoxy) is 1. The molecule has 4 nitrogen and oxygen atoms in total. The zero-order chi connectivity index (χ0) is 9.97. The van der Waals surface area contributed by atoms with Crippen molar-refractivity contribution in [2.75, 3.05) is 11.9 Å². The molecule has 1 aliphatic heterocycles. The van der Waals surface area contributed by atoms with E-state index in [9.17, 15) is 0 Å². The molecule has 0 radical (unpaired) electrons. The zero-order valence-electron chi connectivity index (χ0n) is 8.53. The summed E-state index contributed by atoms with van der Waals surface area (Å²) < 4.78 is 5.45. The molecule has 4 heteroatoms. The maximum atomic E-state index is 5.45. The van der Waals surface area contributed by atoms with Gasteiger partial charge in [-0.05, 0) is 32.4 Å². The van der Waals surface area contributed by atoms with Crippen molar-refractivity contribution in [1.29, 1.82) is 0 Å². The number of rotatable bonds is 2. The van der Waals surface area contributed by atoms with E-state index in [1.165, 1.54) is 0 Å². The largest absolute Gasteiger partial charge is 0.376 e. The highest BCUT2D eigenvalue weighted by molar-refractivity contribution is 5.34. The van der Waals surface area contributed by atoms with Crippen molar-refractivity contribution in [2.24, 2.45) is 0 Å². The van der Waals surface area contributed by atoms with Gasteiger partial charge in [0.05, 0.1) is 17.8 Å². The topological polar surface area (TPSA) is 47.0 Å². The summed E-state index contributed by atoms with van der Waals surface area (Å²) in [5, 5.41) is 11.4. The van der Waals surface area contributed by atoms with Crippen molar-refractivity contribution >= 4 is 5.82 Å². The first-order valence-corrected chi connectivity index (χ1v) is 4.94. The van der Waals surface area contributed by atoms with Crippen LogP contribution in [0.5, 0.6) is 0 Å². The molecule has 1 N–H and O–H groups in total. The molecule has 0 spiro atoms. The van der Waals surface area contributed by atoms with Gasteiger partial charge in [0.1, 0.15) is 5.82 Å². The average molecular weight is 193 g/mol. The van der Waals surface area contributed by atoms with E-state index in [4.69, 9.17) is 4.74 Å². The molecule has 2 rings (SSSR count). The SMILES string of the molecule is Cc1ccc(NC2CCOC2C)nn1. The van der Waals surface area contributed by atoms with Crippen LogP contribution in [-0.2, 0) is 4.74 Å². The van der Waals surface area contributed by atoms with Gasteiger partial charge in [0.25, 0.3) is 0 Å². The number of anilines is 1. The van der Waals surface area contributed by atoms with E-state index < -0.39 is 0 Å². The van der Waals surface area contributed by atoms with Gasteiger partial charge in [-0.25, -0.2) is 0 Å². The van der Waals surface area contributed by atoms with Gasteiger partial charge in [-0.15, -0.1) is 5.10 Å². The van der Waals surface area contributed by atoms with Crippen LogP contribution in [0.25, 0.3) is 0 Å². The van der Waals surface area contributed by atoms with Gasteiger partial charge >= 0.3 is 0 Å². The summed E-state index contributed by atoms with van der Waals surface area (Å²) in [6.45, 7) is 4.84. The molecule has 1 fully saturated rings. The molecule has 2 unspecified atom stereocenters. The lowest BCUT2D eigenvalue weighted by Crippen LogP contribution is -2.27. The van der Waals surface area contributed by atoms with Gasteiger partial charge in [-0.3, -0.25) is 0 Å². The Balaban J connectivity index is 2.00. The molecular weight excluding hydrogens is 178 g/mol. The minimum Gasteiger partial charge on any atom is -0.376 e. The predicted molar refractivity (Wildman–Crippen MR) is 54.2 cm³/mol. The lowest BCUT2D eigenvalue weighted by molar-refractivity contribution is 0.121. The predicted octanol–water partition coefficient (Wildman–Crippen LogP) is 1.37. The third-order valence-electron chi connectivity index (χ3n) is 2.51. The van der Waals surface area contributed by atoms with Crippen molar-refractivity contribution < 1.29 is 4.74 Å². The summed E-state index contributed by atoms with van der Waals surface area (Å²) in [5.74, 6) is 0.831. The van der Waals surface area contributed by atoms with E-state index in [-0.39, 0.29) is 6.10 Å². The summed E-state index contributed by atoms with van der Waals surface area (Å²) in [7, 11) is 0. The Morgan fingerprint density at radius 3 is 2.86 bits per heavy atom. The van der Waals surface area contributed by atoms with Crippen molar-refractivity contribution in [2.45, 2.75) is 32.4 Å². The molecule has 14 heavy (non-hydrogen) atoms. The smallest absolute Gasteiger partial charge is 0.148 e. The Morgan fingerprint density at radius 1 is 1.43 bits per heavy atom. The van der Waals surface area contributed by atoms with Crippen LogP contribution >= 0.6 is 0 Å². The highest BCUT2D eigenvalue weighted by Crippen LogP contribution is 2.16. The minimum atomic E-state index is 0.262. The van der Waals surface area contributed by atoms with Crippen LogP contribution in [0.1, 0.15) is 19.0 Å². The van der Waals surface area contributed by atoms with E-state index >= 15 is 0 Å². The summed E-state index contributed by atoms with van der Waals surface area (Å²) >= 11 is 0. The van der Waals surface area contributed by atoms with Crippen LogP contribution in [0.4, 0.5) is 5.82 Å². The molecule has 2 atom stereocenters. The van der Waals surface area contributed by atoms with Crippen molar-refractivity contribution in [1.82, 2.24) is 10.2 Å². The number of nitrogens with zero attached hydrogens (tertiary/aromatic N) is 2. The summed E-state index contributed by atoms with van der Waals surface area (Å²) in [6.07, 6.45) is 1.30. The average Bonchev–Trinajstić information content (AvgIpc) is 2.56. The molecule has 1 aromatic rings. The van der Waals surface area contributed by atoms with Gasteiger partial charge in [0.2, 0.25) is 0 Å². The Morgan fingerprint density at radius 2 is 2.29 bits per heavy atom. The molecule has 1 saturated heterocycles. The van der Waals surface area contributed by atoms with E-state index in [2.05, 4.69) is 22.4 Å². The number of hydrogen-bond acceptors (Lipinski definition) is 4. The first-order chi connectivity index (χ1) is 6.75. The molecule has 2 heterocycles. The normalized spacial score (nSPS) is 26.4. The fourth-order valence-electron chi connectivity index (χ4n) is 1.59. The summed E-state index contributed by atoms with van der Waals surface area (Å²) in [6, 6.07) is 4.27. The Bertz CT molecular complexity index is 299. The second-order valence-electron chi connectivity index (χ2n) is 3.68. The van der Waals surface area contributed by atoms with Crippen LogP contribution in [0, 0.1) is 6.92 Å². The quantitative estimate of drug-likeness (QED) is 0.770. The number of aryl methyl sites for hydroxylation is 1. The van der Waals surface area contributed by atoms with Crippen molar-refractivity contribution in [3.63, 3.8) is 0 Å². The maximum absolute atomic E-state index is 5.45. The van der Waals surface area contributed by atoms with Gasteiger partial charge in [-0.1, -0.05) is 0 Å². The Hall–Kier alpha value is -1.16. The lowest BCUT2D eigenvalue weighted by Gasteiger charge is -2.15. The molecule has 1 aromatic heterocycles. The minimum absolute atomic E-state index is 0.262. The highest BCUT2D eigenvalue weighted by Gasteiger charge is 2.24. The van der Waals surface area contributed by atoms with E-state index in [1.54, 1.807) is 0 Å². The first-order valence-electron chi connectivity index (χ1n) is 4.94. The van der Waals surface area contributed by atoms with Crippen molar-refractivity contribution in [3.05, 3.63) is 17.8 Å². The van der Waals surface area contributed by atoms with Crippen LogP contribution in [0.3, 0.4) is 0 Å². The molecule has 76 valence electrons. The van der Waals surface area contributed by atoms with E-state index in [0.717, 1.165) is 24.5 Å². The Kier molecular flexibility index (Phi) is 2.63. The number of hydrogen-bond donors (Lipinski definition) is 1. The third kappa shape index (κ3) is 2.01. The maximum Gasteiger partial charge on any atom is 0.148 e. The highest BCUT2D eigenvalue weighted by atomic mass is 16.5. The van der Waals surface area contributed by atoms with Crippen LogP contribution in [0.2, 0.25) is 0 Å². The number of aromatic nitrogens is 2. The second-order valence-corrected chi connectivity index (χ2v) is 3.68. The van der Waals surface area contributed by atoms with E-state index in [0.29, 0.717) is 6.04 Å².